The normalized spacial score (nSPS) is 13.1. The van der Waals surface area contributed by atoms with Crippen LogP contribution in [-0.4, -0.2) is 41.8 Å². The molecule has 9 heteroatoms. The predicted octanol–water partition coefficient (Wildman–Crippen LogP) is 4.36. The summed E-state index contributed by atoms with van der Waals surface area (Å²) in [5.41, 5.74) is 1.24. The number of nitro groups is 1. The van der Waals surface area contributed by atoms with Gasteiger partial charge < -0.3 is 9.64 Å². The number of rotatable bonds is 6. The molecule has 0 bridgehead atoms. The standard InChI is InChI=1S/C19H19N3O4S.BrH/c1-26-17-9-7-15(8-10-17)21(19-20-11-2-12-27-19)13-18(23)14-3-5-16(6-4-14)22(24)25;/h3-10H,2,11-13H2,1H3;1H. The van der Waals surface area contributed by atoms with Crippen LogP contribution < -0.4 is 9.64 Å². The molecule has 0 amide bonds. The third-order valence-electron chi connectivity index (χ3n) is 4.10. The second kappa shape index (κ2) is 10.2. The van der Waals surface area contributed by atoms with E-state index < -0.39 is 4.92 Å². The summed E-state index contributed by atoms with van der Waals surface area (Å²) >= 11 is 1.62. The average molecular weight is 466 g/mol. The molecule has 0 atom stereocenters. The van der Waals surface area contributed by atoms with Gasteiger partial charge in [0, 0.05) is 35.7 Å². The zero-order valence-electron chi connectivity index (χ0n) is 15.2. The van der Waals surface area contributed by atoms with Crippen LogP contribution in [0.25, 0.3) is 0 Å². The number of Topliss-reactive ketones (excluding diaryl/α,β-unsaturated/α-hetero) is 1. The molecule has 148 valence electrons. The molecule has 0 N–H and O–H groups in total. The fraction of sp³-hybridized carbons (Fsp3) is 0.263. The Balaban J connectivity index is 0.00000280. The van der Waals surface area contributed by atoms with Gasteiger partial charge in [0.2, 0.25) is 0 Å². The van der Waals surface area contributed by atoms with E-state index in [1.807, 2.05) is 29.2 Å². The van der Waals surface area contributed by atoms with Crippen LogP contribution in [0.5, 0.6) is 5.75 Å². The molecular weight excluding hydrogens is 446 g/mol. The molecule has 2 aromatic carbocycles. The lowest BCUT2D eigenvalue weighted by atomic mass is 10.1. The molecule has 1 aliphatic rings. The number of halogens is 1. The second-order valence-electron chi connectivity index (χ2n) is 5.88. The lowest BCUT2D eigenvalue weighted by Gasteiger charge is -2.27. The first-order chi connectivity index (χ1) is 13.1. The van der Waals surface area contributed by atoms with Crippen molar-refractivity contribution in [3.05, 3.63) is 64.2 Å². The first-order valence-electron chi connectivity index (χ1n) is 8.45. The molecule has 1 aliphatic heterocycles. The van der Waals surface area contributed by atoms with E-state index in [2.05, 4.69) is 4.99 Å². The summed E-state index contributed by atoms with van der Waals surface area (Å²) in [6.45, 7) is 0.844. The molecule has 7 nitrogen and oxygen atoms in total. The highest BCUT2D eigenvalue weighted by atomic mass is 79.9. The first kappa shape index (κ1) is 21.9. The Morgan fingerprint density at radius 1 is 1.21 bits per heavy atom. The molecule has 0 fully saturated rings. The number of non-ortho nitro benzene ring substituents is 1. The van der Waals surface area contributed by atoms with Crippen molar-refractivity contribution in [3.63, 3.8) is 0 Å². The molecule has 0 aromatic heterocycles. The van der Waals surface area contributed by atoms with Gasteiger partial charge in [-0.3, -0.25) is 19.9 Å². The summed E-state index contributed by atoms with van der Waals surface area (Å²) in [4.78, 5) is 29.5. The van der Waals surface area contributed by atoms with Crippen molar-refractivity contribution in [1.82, 2.24) is 0 Å². The number of carbonyl (C=O) groups excluding carboxylic acids is 1. The third kappa shape index (κ3) is 5.32. The number of carbonyl (C=O) groups is 1. The molecule has 0 saturated heterocycles. The fourth-order valence-electron chi connectivity index (χ4n) is 2.65. The van der Waals surface area contributed by atoms with Crippen LogP contribution in [0.2, 0.25) is 0 Å². The first-order valence-corrected chi connectivity index (χ1v) is 9.43. The van der Waals surface area contributed by atoms with Crippen LogP contribution in [0.15, 0.2) is 53.5 Å². The van der Waals surface area contributed by atoms with Gasteiger partial charge in [-0.25, -0.2) is 0 Å². The SMILES string of the molecule is Br.COc1ccc(N(CC(=O)c2ccc([N+](=O)[O-])cc2)C2=NCCCS2)cc1. The highest BCUT2D eigenvalue weighted by molar-refractivity contribution is 8.93. The Morgan fingerprint density at radius 2 is 1.89 bits per heavy atom. The van der Waals surface area contributed by atoms with E-state index in [9.17, 15) is 14.9 Å². The van der Waals surface area contributed by atoms with Crippen molar-refractivity contribution >= 4 is 51.1 Å². The largest absolute Gasteiger partial charge is 0.497 e. The molecule has 0 spiro atoms. The van der Waals surface area contributed by atoms with Crippen LogP contribution in [0.1, 0.15) is 16.8 Å². The minimum Gasteiger partial charge on any atom is -0.497 e. The number of ketones is 1. The minimum atomic E-state index is -0.481. The number of hydrogen-bond donors (Lipinski definition) is 0. The molecule has 1 heterocycles. The van der Waals surface area contributed by atoms with E-state index in [1.54, 1.807) is 18.9 Å². The maximum atomic E-state index is 12.8. The molecule has 3 rings (SSSR count). The summed E-state index contributed by atoms with van der Waals surface area (Å²) in [7, 11) is 1.60. The number of amidine groups is 1. The van der Waals surface area contributed by atoms with Crippen molar-refractivity contribution in [2.24, 2.45) is 4.99 Å². The van der Waals surface area contributed by atoms with Gasteiger partial charge in [0.25, 0.3) is 5.69 Å². The highest BCUT2D eigenvalue weighted by Crippen LogP contribution is 2.25. The molecule has 0 unspecified atom stereocenters. The van der Waals surface area contributed by atoms with Crippen molar-refractivity contribution in [2.75, 3.05) is 30.9 Å². The number of ether oxygens (including phenoxy) is 1. The van der Waals surface area contributed by atoms with Crippen molar-refractivity contribution in [2.45, 2.75) is 6.42 Å². The summed E-state index contributed by atoms with van der Waals surface area (Å²) in [5.74, 6) is 1.56. The van der Waals surface area contributed by atoms with E-state index in [-0.39, 0.29) is 35.0 Å². The van der Waals surface area contributed by atoms with E-state index in [0.717, 1.165) is 35.3 Å². The molecule has 0 saturated carbocycles. The number of methoxy groups -OCH3 is 1. The predicted molar refractivity (Wildman–Crippen MR) is 117 cm³/mol. The van der Waals surface area contributed by atoms with E-state index >= 15 is 0 Å². The van der Waals surface area contributed by atoms with Gasteiger partial charge in [-0.15, -0.1) is 17.0 Å². The maximum absolute atomic E-state index is 12.8. The van der Waals surface area contributed by atoms with E-state index in [0.29, 0.717) is 5.56 Å². The van der Waals surface area contributed by atoms with Crippen LogP contribution in [0, 0.1) is 10.1 Å². The number of nitro benzene ring substituents is 1. The second-order valence-corrected chi connectivity index (χ2v) is 6.94. The van der Waals surface area contributed by atoms with Crippen LogP contribution in [0.4, 0.5) is 11.4 Å². The Labute approximate surface area is 177 Å². The Morgan fingerprint density at radius 3 is 2.43 bits per heavy atom. The zero-order valence-corrected chi connectivity index (χ0v) is 17.8. The van der Waals surface area contributed by atoms with Gasteiger partial charge >= 0.3 is 0 Å². The van der Waals surface area contributed by atoms with E-state index in [1.165, 1.54) is 24.3 Å². The van der Waals surface area contributed by atoms with Gasteiger partial charge in [0.05, 0.1) is 18.6 Å². The molecule has 0 radical (unpaired) electrons. The molecule has 28 heavy (non-hydrogen) atoms. The van der Waals surface area contributed by atoms with Gasteiger partial charge in [-0.1, -0.05) is 11.8 Å². The van der Waals surface area contributed by atoms with Gasteiger partial charge in [-0.2, -0.15) is 0 Å². The summed E-state index contributed by atoms with van der Waals surface area (Å²) in [5, 5.41) is 11.6. The van der Waals surface area contributed by atoms with Crippen LogP contribution >= 0.6 is 28.7 Å². The number of benzene rings is 2. The van der Waals surface area contributed by atoms with Crippen LogP contribution in [0.3, 0.4) is 0 Å². The number of hydrogen-bond acceptors (Lipinski definition) is 7. The Hall–Kier alpha value is -2.39. The van der Waals surface area contributed by atoms with Gasteiger partial charge in [-0.05, 0) is 42.8 Å². The number of thioether (sulfide) groups is 1. The van der Waals surface area contributed by atoms with Crippen molar-refractivity contribution in [3.8, 4) is 5.75 Å². The van der Waals surface area contributed by atoms with Crippen molar-refractivity contribution in [1.29, 1.82) is 0 Å². The fourth-order valence-corrected chi connectivity index (χ4v) is 3.61. The van der Waals surface area contributed by atoms with Gasteiger partial charge in [0.1, 0.15) is 5.75 Å². The van der Waals surface area contributed by atoms with Gasteiger partial charge in [0.15, 0.2) is 11.0 Å². The summed E-state index contributed by atoms with van der Waals surface area (Å²) in [6.07, 6.45) is 1.01. The number of nitrogens with zero attached hydrogens (tertiary/aromatic N) is 3. The quantitative estimate of drug-likeness (QED) is 0.357. The van der Waals surface area contributed by atoms with E-state index in [4.69, 9.17) is 4.74 Å². The lowest BCUT2D eigenvalue weighted by molar-refractivity contribution is -0.384. The number of anilines is 1. The topological polar surface area (TPSA) is 85.0 Å². The summed E-state index contributed by atoms with van der Waals surface area (Å²) in [6, 6.07) is 13.1. The lowest BCUT2D eigenvalue weighted by Crippen LogP contribution is -2.35. The highest BCUT2D eigenvalue weighted by Gasteiger charge is 2.21. The number of aliphatic imine (C=N–C) groups is 1. The monoisotopic (exact) mass is 465 g/mol. The molecular formula is C19H20BrN3O4S. The van der Waals surface area contributed by atoms with Crippen LogP contribution in [-0.2, 0) is 0 Å². The molecule has 2 aromatic rings. The Kier molecular flexibility index (Phi) is 8.01. The summed E-state index contributed by atoms with van der Waals surface area (Å²) < 4.78 is 5.20. The van der Waals surface area contributed by atoms with Crippen molar-refractivity contribution < 1.29 is 14.5 Å². The third-order valence-corrected chi connectivity index (χ3v) is 5.20. The zero-order chi connectivity index (χ0) is 19.2. The maximum Gasteiger partial charge on any atom is 0.269 e. The Bertz CT molecular complexity index is 856. The molecule has 0 aliphatic carbocycles. The minimum absolute atomic E-state index is 0. The average Bonchev–Trinajstić information content (AvgIpc) is 2.72. The smallest absolute Gasteiger partial charge is 0.269 e.